The number of hydrogen-bond acceptors (Lipinski definition) is 25. The van der Waals surface area contributed by atoms with Crippen molar-refractivity contribution in [2.75, 3.05) is 46.5 Å². The van der Waals surface area contributed by atoms with Crippen LogP contribution in [0.15, 0.2) is 66.7 Å². The molecule has 7 rings (SSSR count). The van der Waals surface area contributed by atoms with Crippen LogP contribution in [0.1, 0.15) is 88.1 Å². The molecule has 33 heteroatoms. The number of carbonyl (C=O) groups is 8. The molecule has 3 aliphatic rings. The topological polar surface area (TPSA) is 449 Å². The Morgan fingerprint density at radius 3 is 2.04 bits per heavy atom. The lowest BCUT2D eigenvalue weighted by Crippen LogP contribution is -2.64. The van der Waals surface area contributed by atoms with Crippen molar-refractivity contribution in [3.8, 4) is 38.4 Å². The van der Waals surface area contributed by atoms with E-state index in [1.807, 2.05) is 24.3 Å². The number of benzene rings is 3. The van der Waals surface area contributed by atoms with Crippen molar-refractivity contribution in [1.29, 1.82) is 0 Å². The van der Waals surface area contributed by atoms with Gasteiger partial charge in [-0.2, -0.15) is 0 Å². The van der Waals surface area contributed by atoms with Crippen LogP contribution < -0.4 is 40.8 Å². The first-order valence-corrected chi connectivity index (χ1v) is 31.7. The summed E-state index contributed by atoms with van der Waals surface area (Å²) in [6.07, 6.45) is -7.40. The van der Waals surface area contributed by atoms with Gasteiger partial charge in [0.1, 0.15) is 52.0 Å². The molecular formula is C60H80N10O21S2. The first-order valence-electron chi connectivity index (χ1n) is 30.2. The summed E-state index contributed by atoms with van der Waals surface area (Å²) >= 11 is 1.36. The molecule has 0 radical (unpaired) electrons. The molecule has 508 valence electrons. The van der Waals surface area contributed by atoms with Crippen molar-refractivity contribution >= 4 is 70.9 Å². The van der Waals surface area contributed by atoms with Crippen LogP contribution in [0.25, 0.3) is 21.1 Å². The largest absolute Gasteiger partial charge is 0.504 e. The average Bonchev–Trinajstić information content (AvgIpc) is 1.70. The van der Waals surface area contributed by atoms with Gasteiger partial charge < -0.3 is 91.1 Å². The van der Waals surface area contributed by atoms with Gasteiger partial charge in [0.05, 0.1) is 43.2 Å². The van der Waals surface area contributed by atoms with Gasteiger partial charge in [0, 0.05) is 88.7 Å². The van der Waals surface area contributed by atoms with Crippen molar-refractivity contribution in [2.24, 2.45) is 5.92 Å². The number of aliphatic hydroxyl groups is 6. The Morgan fingerprint density at radius 2 is 1.39 bits per heavy atom. The number of phenolic OH excluding ortho intramolecular Hbond substituents is 1. The summed E-state index contributed by atoms with van der Waals surface area (Å²) in [5.41, 5.74) is 1.50. The molecule has 1 aromatic heterocycles. The highest BCUT2D eigenvalue weighted by Crippen LogP contribution is 2.33. The minimum Gasteiger partial charge on any atom is -0.504 e. The van der Waals surface area contributed by atoms with Crippen LogP contribution in [-0.2, 0) is 54.1 Å². The van der Waals surface area contributed by atoms with Gasteiger partial charge in [-0.3, -0.25) is 38.4 Å². The van der Waals surface area contributed by atoms with Crippen LogP contribution >= 0.6 is 23.7 Å². The Kier molecular flexibility index (Phi) is 27.4. The number of nitrogens with zero attached hydrogens (tertiary/aromatic N) is 4. The number of hydrogen-bond donors (Lipinski definition) is 14. The minimum atomic E-state index is -2.15. The molecule has 4 heterocycles. The number of fused-ring (bicyclic) bond motifs is 2. The van der Waals surface area contributed by atoms with Gasteiger partial charge in [-0.1, -0.05) is 65.1 Å². The van der Waals surface area contributed by atoms with Crippen LogP contribution in [-0.4, -0.2) is 228 Å². The number of aliphatic hydroxyl groups excluding tert-OH is 6. The van der Waals surface area contributed by atoms with Crippen LogP contribution in [0.3, 0.4) is 0 Å². The van der Waals surface area contributed by atoms with E-state index in [-0.39, 0.29) is 42.3 Å². The van der Waals surface area contributed by atoms with E-state index in [0.717, 1.165) is 73.1 Å². The van der Waals surface area contributed by atoms with Crippen molar-refractivity contribution in [3.63, 3.8) is 0 Å². The molecule has 0 unspecified atom stereocenters. The van der Waals surface area contributed by atoms with E-state index in [1.54, 1.807) is 19.2 Å². The van der Waals surface area contributed by atoms with E-state index in [4.69, 9.17) is 18.9 Å². The molecule has 3 saturated heterocycles. The van der Waals surface area contributed by atoms with E-state index >= 15 is 0 Å². The Balaban J connectivity index is 1.16. The second-order valence-corrected chi connectivity index (χ2v) is 24.4. The Hall–Kier alpha value is -7.67. The summed E-state index contributed by atoms with van der Waals surface area (Å²) < 4.78 is 20.4. The van der Waals surface area contributed by atoms with Crippen LogP contribution in [0.5, 0.6) is 17.2 Å². The van der Waals surface area contributed by atoms with Crippen molar-refractivity contribution in [3.05, 3.63) is 77.9 Å². The molecule has 13 atom stereocenters. The number of carbonyl (C=O) groups excluding carboxylic acids is 8. The highest BCUT2D eigenvalue weighted by atomic mass is 32.2. The summed E-state index contributed by atoms with van der Waals surface area (Å²) in [6.45, 7) is 3.25. The number of amides is 8. The van der Waals surface area contributed by atoms with E-state index in [1.165, 1.54) is 43.4 Å². The lowest BCUT2D eigenvalue weighted by Gasteiger charge is -2.34. The molecule has 3 fully saturated rings. The van der Waals surface area contributed by atoms with Gasteiger partial charge in [0.15, 0.2) is 11.5 Å². The van der Waals surface area contributed by atoms with Gasteiger partial charge >= 0.3 is 0 Å². The molecular weight excluding hydrogens is 1260 g/mol. The first-order chi connectivity index (χ1) is 44.5. The molecule has 93 heavy (non-hydrogen) atoms. The zero-order valence-corrected chi connectivity index (χ0v) is 53.1. The molecule has 4 aromatic rings. The van der Waals surface area contributed by atoms with E-state index in [2.05, 4.69) is 51.5 Å². The monoisotopic (exact) mass is 1340 g/mol. The number of methoxy groups -OCH3 is 1. The molecule has 14 N–H and O–H groups in total. The van der Waals surface area contributed by atoms with E-state index < -0.39 is 171 Å². The lowest BCUT2D eigenvalue weighted by atomic mass is 9.98. The standard InChI is InChI=1S/C60H80N10O21S2/c1-31-29-70-50(51(31)78)56(83)62-28-38(73)26-41(63-52(79)35-11-13-36(14-12-35)57-67-68-58(92-57)37-15-17-40(18-16-37)88-23-9-7-5-6-8-22-87-4)53(80)64-47(32(2)71)59(84)69-30-39(74)27-42(69)54(81)65-48(55(82)66-49(60(70)85)44(76)20-21-61-33(3)72)45(77)24-34-10-19-43(75)46(25-34)89-93-91-90-86/h10-19,25,31-32,38-39,41-42,44-45,47-51,71,73-78,86H,5-9,20-24,26-30H2,1-4H3,(H,61,72)(H,62,83)(H,63,79)(H,64,80)(H,65,81)(H,66,82)/t31-,32-,38-,39+,41+,42+,44-,45-,47+,48+,49+,50+,51+/m1/s1. The number of β-amino-alcohol motifs (C(OH)–C–C–N with tert-alkyl or cyclic N) is 1. The molecule has 0 bridgehead atoms. The Morgan fingerprint density at radius 1 is 0.753 bits per heavy atom. The summed E-state index contributed by atoms with van der Waals surface area (Å²) in [7, 11) is 1.69. The average molecular weight is 1340 g/mol. The molecule has 0 aliphatic carbocycles. The van der Waals surface area contributed by atoms with Crippen LogP contribution in [0.2, 0.25) is 0 Å². The van der Waals surface area contributed by atoms with Crippen LogP contribution in [0, 0.1) is 5.92 Å². The number of aromatic nitrogens is 2. The van der Waals surface area contributed by atoms with Gasteiger partial charge in [-0.25, -0.2) is 5.26 Å². The van der Waals surface area contributed by atoms with Gasteiger partial charge in [0.2, 0.25) is 41.4 Å². The number of phenols is 1. The zero-order valence-electron chi connectivity index (χ0n) is 51.5. The third kappa shape index (κ3) is 20.2. The quantitative estimate of drug-likeness (QED) is 0.0170. The molecule has 3 aromatic carbocycles. The second-order valence-electron chi connectivity index (χ2n) is 23.0. The fraction of sp³-hybridized carbons (Fsp3) is 0.533. The maximum Gasteiger partial charge on any atom is 0.261 e. The SMILES string of the molecule is COCCCCCCCOc1ccc(-c2nnc(-c3ccc(C(=O)N[C@H]4C[C@@H](O)CNC(=O)[C@@H]5[C@@H](O)[C@H](C)CN5C(=O)[C@H]([C@H](O)CCNC(C)=O)NC(=O)[C@H]([C@H](O)Cc5ccc(O)c(OSOOO)c5)NC(=O)[C@@H]5C[C@H](O)CN5C(=O)[C@H]([C@@H](C)O)NC4=O)cc3)s2)cc1. The zero-order chi connectivity index (χ0) is 67.5. The van der Waals surface area contributed by atoms with E-state index in [9.17, 15) is 74.1 Å². The third-order valence-corrected chi connectivity index (χ3v) is 17.3. The number of ether oxygens (including phenoxy) is 2. The summed E-state index contributed by atoms with van der Waals surface area (Å²) in [5.74, 6) is -9.39. The number of nitrogens with one attached hydrogen (secondary N) is 6. The molecule has 8 amide bonds. The smallest absolute Gasteiger partial charge is 0.261 e. The lowest BCUT2D eigenvalue weighted by molar-refractivity contribution is -0.433. The van der Waals surface area contributed by atoms with Crippen molar-refractivity contribution in [1.82, 2.24) is 51.9 Å². The molecule has 0 saturated carbocycles. The number of aromatic hydroxyl groups is 1. The maximum absolute atomic E-state index is 14.9. The second kappa shape index (κ2) is 35.0. The van der Waals surface area contributed by atoms with Gasteiger partial charge in [0.25, 0.3) is 18.2 Å². The summed E-state index contributed by atoms with van der Waals surface area (Å²) in [5, 5.41) is 116. The highest BCUT2D eigenvalue weighted by molar-refractivity contribution is 7.90. The van der Waals surface area contributed by atoms with Crippen molar-refractivity contribution in [2.45, 2.75) is 151 Å². The van der Waals surface area contributed by atoms with Crippen LogP contribution in [0.4, 0.5) is 0 Å². The fourth-order valence-electron chi connectivity index (χ4n) is 10.9. The van der Waals surface area contributed by atoms with Crippen molar-refractivity contribution < 1.29 is 102 Å². The first kappa shape index (κ1) is 72.8. The Labute approximate surface area is 543 Å². The molecule has 0 spiro atoms. The highest BCUT2D eigenvalue weighted by Gasteiger charge is 2.50. The predicted octanol–water partition coefficient (Wildman–Crippen LogP) is -0.609. The van der Waals surface area contributed by atoms with Gasteiger partial charge in [-0.15, -0.1) is 10.2 Å². The third-order valence-electron chi connectivity index (χ3n) is 15.9. The molecule has 31 nitrogen and oxygen atoms in total. The summed E-state index contributed by atoms with van der Waals surface area (Å²) in [6, 6.07) is 5.71. The maximum atomic E-state index is 14.9. The van der Waals surface area contributed by atoms with E-state index in [0.29, 0.717) is 27.9 Å². The Bertz CT molecular complexity index is 3190. The normalized spacial score (nSPS) is 24.5. The number of rotatable bonds is 25. The minimum absolute atomic E-state index is 0.0102. The molecule has 3 aliphatic heterocycles. The van der Waals surface area contributed by atoms with Gasteiger partial charge in [-0.05, 0) is 80.3 Å². The summed E-state index contributed by atoms with van der Waals surface area (Å²) in [4.78, 5) is 115. The number of unbranched alkanes of at least 4 members (excludes halogenated alkanes) is 4. The predicted molar refractivity (Wildman–Crippen MR) is 331 cm³/mol. The fourth-order valence-corrected chi connectivity index (χ4v) is 12.0.